The number of nitrogens with one attached hydrogen (secondary N) is 1. The van der Waals surface area contributed by atoms with Crippen LogP contribution in [0.1, 0.15) is 17.4 Å². The minimum absolute atomic E-state index is 0.0202. The molecule has 0 aliphatic heterocycles. The molecule has 0 saturated carbocycles. The summed E-state index contributed by atoms with van der Waals surface area (Å²) in [5.41, 5.74) is 1.08. The van der Waals surface area contributed by atoms with Crippen molar-refractivity contribution in [3.8, 4) is 0 Å². The molecule has 1 heterocycles. The van der Waals surface area contributed by atoms with E-state index < -0.39 is 18.8 Å². The minimum Gasteiger partial charge on any atom is -0.325 e. The average molecular weight is 471 g/mol. The number of amides is 1. The quantitative estimate of drug-likeness (QED) is 0.491. The van der Waals surface area contributed by atoms with Gasteiger partial charge in [-0.3, -0.25) is 9.69 Å². The number of imidazole rings is 1. The summed E-state index contributed by atoms with van der Waals surface area (Å²) in [5, 5.41) is 3.50. The highest BCUT2D eigenvalue weighted by Gasteiger charge is 2.30. The van der Waals surface area contributed by atoms with Crippen LogP contribution in [0.3, 0.4) is 0 Å². The molecule has 0 spiro atoms. The van der Waals surface area contributed by atoms with Gasteiger partial charge in [-0.15, -0.1) is 0 Å². The van der Waals surface area contributed by atoms with Crippen molar-refractivity contribution in [2.24, 2.45) is 0 Å². The molecule has 0 fully saturated rings. The highest BCUT2D eigenvalue weighted by Crippen LogP contribution is 2.27. The van der Waals surface area contributed by atoms with Gasteiger partial charge in [-0.05, 0) is 30.8 Å². The largest absolute Gasteiger partial charge is 0.406 e. The summed E-state index contributed by atoms with van der Waals surface area (Å²) >= 11 is 12.0. The molecule has 3 rings (SSSR count). The van der Waals surface area contributed by atoms with Gasteiger partial charge in [0.15, 0.2) is 0 Å². The molecule has 1 amide bonds. The van der Waals surface area contributed by atoms with Gasteiger partial charge in [-0.1, -0.05) is 53.5 Å². The van der Waals surface area contributed by atoms with Crippen LogP contribution in [0.25, 0.3) is 0 Å². The number of aromatic nitrogens is 2. The Kier molecular flexibility index (Phi) is 7.25. The lowest BCUT2D eigenvalue weighted by Gasteiger charge is -2.27. The monoisotopic (exact) mass is 470 g/mol. The van der Waals surface area contributed by atoms with Crippen molar-refractivity contribution >= 4 is 34.8 Å². The molecule has 31 heavy (non-hydrogen) atoms. The number of anilines is 1. The van der Waals surface area contributed by atoms with Gasteiger partial charge in [0.25, 0.3) is 0 Å². The van der Waals surface area contributed by atoms with Crippen molar-refractivity contribution in [3.05, 3.63) is 82.4 Å². The number of alkyl halides is 3. The fourth-order valence-electron chi connectivity index (χ4n) is 3.22. The molecule has 5 nitrogen and oxygen atoms in total. The standard InChI is InChI=1S/C21H19Cl2F3N4O/c1-29(12-18-27-7-8-30(18)13-21(24,25)26)19(14-5-3-2-4-6-14)20(31)28-17-10-15(22)9-16(23)11-17/h2-11,19H,12-13H2,1H3,(H,28,31). The lowest BCUT2D eigenvalue weighted by atomic mass is 10.0. The molecule has 0 aliphatic rings. The van der Waals surface area contributed by atoms with Crippen LogP contribution in [0, 0.1) is 0 Å². The van der Waals surface area contributed by atoms with Gasteiger partial charge in [0.2, 0.25) is 5.91 Å². The number of hydrogen-bond acceptors (Lipinski definition) is 3. The highest BCUT2D eigenvalue weighted by molar-refractivity contribution is 6.35. The molecule has 1 N–H and O–H groups in total. The van der Waals surface area contributed by atoms with Crippen molar-refractivity contribution in [1.29, 1.82) is 0 Å². The predicted molar refractivity (Wildman–Crippen MR) is 114 cm³/mol. The summed E-state index contributed by atoms with van der Waals surface area (Å²) in [5.74, 6) is -0.194. The van der Waals surface area contributed by atoms with Crippen LogP contribution < -0.4 is 5.32 Å². The second kappa shape index (κ2) is 9.72. The Morgan fingerprint density at radius 2 is 1.81 bits per heavy atom. The Labute approximate surface area is 187 Å². The molecule has 0 bridgehead atoms. The first kappa shape index (κ1) is 23.1. The fourth-order valence-corrected chi connectivity index (χ4v) is 3.75. The average Bonchev–Trinajstić information content (AvgIpc) is 3.06. The number of benzene rings is 2. The molecule has 1 unspecified atom stereocenters. The Morgan fingerprint density at radius 3 is 2.42 bits per heavy atom. The summed E-state index contributed by atoms with van der Waals surface area (Å²) in [7, 11) is 1.65. The summed E-state index contributed by atoms with van der Waals surface area (Å²) in [4.78, 5) is 18.8. The van der Waals surface area contributed by atoms with E-state index in [1.165, 1.54) is 12.4 Å². The molecule has 1 atom stereocenters. The highest BCUT2D eigenvalue weighted by atomic mass is 35.5. The summed E-state index contributed by atoms with van der Waals surface area (Å²) < 4.78 is 39.6. The Bertz CT molecular complexity index is 1020. The zero-order valence-corrected chi connectivity index (χ0v) is 17.9. The van der Waals surface area contributed by atoms with E-state index in [2.05, 4.69) is 10.3 Å². The van der Waals surface area contributed by atoms with Gasteiger partial charge >= 0.3 is 6.18 Å². The van der Waals surface area contributed by atoms with Crippen molar-refractivity contribution in [2.45, 2.75) is 25.3 Å². The van der Waals surface area contributed by atoms with Crippen LogP contribution in [-0.4, -0.2) is 33.6 Å². The molecule has 0 radical (unpaired) electrons. The van der Waals surface area contributed by atoms with Gasteiger partial charge in [0.1, 0.15) is 18.4 Å². The molecule has 0 saturated heterocycles. The molecule has 164 valence electrons. The molecule has 0 aliphatic carbocycles. The van der Waals surface area contributed by atoms with Gasteiger partial charge in [0, 0.05) is 28.1 Å². The SMILES string of the molecule is CN(Cc1nccn1CC(F)(F)F)C(C(=O)Nc1cc(Cl)cc(Cl)c1)c1ccccc1. The fraction of sp³-hybridized carbons (Fsp3) is 0.238. The van der Waals surface area contributed by atoms with E-state index in [1.807, 2.05) is 6.07 Å². The van der Waals surface area contributed by atoms with E-state index in [-0.39, 0.29) is 18.3 Å². The van der Waals surface area contributed by atoms with Gasteiger partial charge < -0.3 is 9.88 Å². The van der Waals surface area contributed by atoms with E-state index in [9.17, 15) is 18.0 Å². The van der Waals surface area contributed by atoms with Crippen LogP contribution >= 0.6 is 23.2 Å². The van der Waals surface area contributed by atoms with Crippen molar-refractivity contribution < 1.29 is 18.0 Å². The van der Waals surface area contributed by atoms with Gasteiger partial charge in [-0.2, -0.15) is 13.2 Å². The van der Waals surface area contributed by atoms with E-state index in [0.717, 1.165) is 4.57 Å². The third-order valence-electron chi connectivity index (χ3n) is 4.48. The topological polar surface area (TPSA) is 50.2 Å². The van der Waals surface area contributed by atoms with E-state index in [4.69, 9.17) is 23.2 Å². The van der Waals surface area contributed by atoms with Crippen LogP contribution in [0.2, 0.25) is 10.0 Å². The molecule has 3 aromatic rings. The zero-order valence-electron chi connectivity index (χ0n) is 16.4. The summed E-state index contributed by atoms with van der Waals surface area (Å²) in [6.45, 7) is -1.13. The molecular weight excluding hydrogens is 452 g/mol. The summed E-state index contributed by atoms with van der Waals surface area (Å²) in [6, 6.07) is 12.8. The predicted octanol–water partition coefficient (Wildman–Crippen LogP) is 5.56. The van der Waals surface area contributed by atoms with Crippen molar-refractivity contribution in [1.82, 2.24) is 14.5 Å². The first-order valence-corrected chi connectivity index (χ1v) is 9.97. The van der Waals surface area contributed by atoms with Crippen LogP contribution in [0.5, 0.6) is 0 Å². The maximum atomic E-state index is 13.2. The molecule has 10 heteroatoms. The molecule has 2 aromatic carbocycles. The second-order valence-electron chi connectivity index (χ2n) is 6.96. The van der Waals surface area contributed by atoms with Gasteiger partial charge in [-0.25, -0.2) is 4.98 Å². The van der Waals surface area contributed by atoms with E-state index in [1.54, 1.807) is 54.4 Å². The number of rotatable bonds is 7. The first-order valence-electron chi connectivity index (χ1n) is 9.21. The third-order valence-corrected chi connectivity index (χ3v) is 4.91. The summed E-state index contributed by atoms with van der Waals surface area (Å²) in [6.07, 6.45) is -1.81. The molecule has 1 aromatic heterocycles. The van der Waals surface area contributed by atoms with Crippen LogP contribution in [0.15, 0.2) is 60.9 Å². The smallest absolute Gasteiger partial charge is 0.325 e. The Morgan fingerprint density at radius 1 is 1.16 bits per heavy atom. The van der Waals surface area contributed by atoms with Crippen molar-refractivity contribution in [3.63, 3.8) is 0 Å². The maximum Gasteiger partial charge on any atom is 0.406 e. The first-order chi connectivity index (χ1) is 14.6. The third kappa shape index (κ3) is 6.46. The maximum absolute atomic E-state index is 13.2. The van der Waals surface area contributed by atoms with Gasteiger partial charge in [0.05, 0.1) is 6.54 Å². The van der Waals surface area contributed by atoms with E-state index in [0.29, 0.717) is 21.3 Å². The Balaban J connectivity index is 1.86. The number of carbonyl (C=O) groups excluding carboxylic acids is 1. The lowest BCUT2D eigenvalue weighted by molar-refractivity contribution is -0.141. The minimum atomic E-state index is -4.38. The van der Waals surface area contributed by atoms with Crippen molar-refractivity contribution in [2.75, 3.05) is 12.4 Å². The number of likely N-dealkylation sites (N-methyl/N-ethyl adjacent to an activating group) is 1. The number of carbonyl (C=O) groups is 1. The Hall–Kier alpha value is -2.55. The molecular formula is C21H19Cl2F3N4O. The second-order valence-corrected chi connectivity index (χ2v) is 7.84. The van der Waals surface area contributed by atoms with Crippen LogP contribution in [0.4, 0.5) is 18.9 Å². The number of halogens is 5. The zero-order chi connectivity index (χ0) is 22.6. The van der Waals surface area contributed by atoms with E-state index >= 15 is 0 Å². The number of nitrogens with zero attached hydrogens (tertiary/aromatic N) is 3. The normalized spacial score (nSPS) is 12.7. The van der Waals surface area contributed by atoms with Crippen LogP contribution in [-0.2, 0) is 17.9 Å². The lowest BCUT2D eigenvalue weighted by Crippen LogP contribution is -2.35. The number of hydrogen-bond donors (Lipinski definition) is 1.